The Bertz CT molecular complexity index is 462. The maximum Gasteiger partial charge on any atom is 0.257 e. The molecule has 1 aliphatic heterocycles. The molecule has 1 fully saturated rings. The number of hydrogen-bond donors (Lipinski definition) is 3. The minimum absolute atomic E-state index is 0.134. The molecule has 3 N–H and O–H groups in total. The zero-order valence-corrected chi connectivity index (χ0v) is 10.7. The summed E-state index contributed by atoms with van der Waals surface area (Å²) in [5.41, 5.74) is 0. The van der Waals surface area contributed by atoms with Crippen LogP contribution in [-0.2, 0) is 10.0 Å². The molecule has 1 aromatic rings. The maximum absolute atomic E-state index is 11.8. The van der Waals surface area contributed by atoms with Gasteiger partial charge in [-0.1, -0.05) is 0 Å². The number of nitrogens with one attached hydrogen (secondary N) is 3. The predicted molar refractivity (Wildman–Crippen MR) is 64.2 cm³/mol. The van der Waals surface area contributed by atoms with Crippen molar-refractivity contribution < 1.29 is 8.42 Å². The quantitative estimate of drug-likeness (QED) is 0.701. The van der Waals surface area contributed by atoms with Crippen LogP contribution in [0.25, 0.3) is 0 Å². The largest absolute Gasteiger partial charge is 0.332 e. The van der Waals surface area contributed by atoms with Crippen molar-refractivity contribution in [2.75, 3.05) is 13.1 Å². The van der Waals surface area contributed by atoms with E-state index in [1.807, 2.05) is 0 Å². The molecule has 6 nitrogen and oxygen atoms in total. The van der Waals surface area contributed by atoms with Gasteiger partial charge in [0.25, 0.3) is 10.0 Å². The van der Waals surface area contributed by atoms with E-state index in [0.717, 1.165) is 19.4 Å². The van der Waals surface area contributed by atoms with Gasteiger partial charge in [-0.3, -0.25) is 0 Å². The Morgan fingerprint density at radius 1 is 1.59 bits per heavy atom. The normalized spacial score (nSPS) is 20.9. The zero-order chi connectivity index (χ0) is 12.3. The van der Waals surface area contributed by atoms with E-state index in [4.69, 9.17) is 0 Å². The van der Waals surface area contributed by atoms with Crippen LogP contribution < -0.4 is 10.0 Å². The third-order valence-corrected chi connectivity index (χ3v) is 4.29. The third kappa shape index (κ3) is 3.27. The zero-order valence-electron chi connectivity index (χ0n) is 9.86. The number of aryl methyl sites for hydroxylation is 1. The van der Waals surface area contributed by atoms with Crippen LogP contribution in [0.5, 0.6) is 0 Å². The molecule has 0 saturated carbocycles. The number of aromatic amines is 1. The number of nitrogens with zero attached hydrogens (tertiary/aromatic N) is 1. The minimum atomic E-state index is -3.43. The van der Waals surface area contributed by atoms with Crippen LogP contribution in [0, 0.1) is 6.92 Å². The molecule has 1 atom stereocenters. The average Bonchev–Trinajstić information content (AvgIpc) is 2.89. The van der Waals surface area contributed by atoms with Crippen molar-refractivity contribution in [1.82, 2.24) is 20.0 Å². The Balaban J connectivity index is 1.85. The molecule has 0 unspecified atom stereocenters. The molecule has 0 aliphatic carbocycles. The van der Waals surface area contributed by atoms with Gasteiger partial charge in [0, 0.05) is 12.6 Å². The standard InChI is InChI=1S/C10H18N4O2S/c1-8-12-7-10(14-8)17(15,16)13-6-4-9-3-2-5-11-9/h7,9,11,13H,2-6H2,1H3,(H,12,14)/t9-/m0/s1. The summed E-state index contributed by atoms with van der Waals surface area (Å²) in [4.78, 5) is 6.60. The molecule has 0 amide bonds. The number of sulfonamides is 1. The Morgan fingerprint density at radius 2 is 2.41 bits per heavy atom. The van der Waals surface area contributed by atoms with Gasteiger partial charge in [-0.2, -0.15) is 0 Å². The van der Waals surface area contributed by atoms with Crippen LogP contribution in [0.3, 0.4) is 0 Å². The second-order valence-corrected chi connectivity index (χ2v) is 6.05. The van der Waals surface area contributed by atoms with E-state index in [9.17, 15) is 8.42 Å². The molecule has 0 radical (unpaired) electrons. The fourth-order valence-electron chi connectivity index (χ4n) is 1.98. The monoisotopic (exact) mass is 258 g/mol. The topological polar surface area (TPSA) is 86.9 Å². The Labute approximate surface area is 101 Å². The molecular weight excluding hydrogens is 240 g/mol. The summed E-state index contributed by atoms with van der Waals surface area (Å²) in [5.74, 6) is 0.600. The summed E-state index contributed by atoms with van der Waals surface area (Å²) in [6, 6.07) is 0.446. The lowest BCUT2D eigenvalue weighted by atomic mass is 10.2. The van der Waals surface area contributed by atoms with E-state index in [-0.39, 0.29) is 5.03 Å². The van der Waals surface area contributed by atoms with Crippen LogP contribution in [0.2, 0.25) is 0 Å². The van der Waals surface area contributed by atoms with Gasteiger partial charge in [0.15, 0.2) is 5.03 Å². The number of aromatic nitrogens is 2. The van der Waals surface area contributed by atoms with Crippen molar-refractivity contribution >= 4 is 10.0 Å². The molecule has 1 saturated heterocycles. The highest BCUT2D eigenvalue weighted by atomic mass is 32.2. The maximum atomic E-state index is 11.8. The van der Waals surface area contributed by atoms with Gasteiger partial charge in [0.2, 0.25) is 0 Å². The van der Waals surface area contributed by atoms with Gasteiger partial charge < -0.3 is 10.3 Å². The number of imidazole rings is 1. The van der Waals surface area contributed by atoms with Crippen molar-refractivity contribution in [2.24, 2.45) is 0 Å². The Morgan fingerprint density at radius 3 is 3.00 bits per heavy atom. The molecule has 1 aromatic heterocycles. The third-order valence-electron chi connectivity index (χ3n) is 2.92. The summed E-state index contributed by atoms with van der Waals surface area (Å²) in [6.07, 6.45) is 4.47. The van der Waals surface area contributed by atoms with E-state index < -0.39 is 10.0 Å². The molecule has 96 valence electrons. The van der Waals surface area contributed by atoms with Gasteiger partial charge in [-0.15, -0.1) is 0 Å². The van der Waals surface area contributed by atoms with Crippen molar-refractivity contribution in [3.05, 3.63) is 12.0 Å². The summed E-state index contributed by atoms with van der Waals surface area (Å²) >= 11 is 0. The number of H-pyrrole nitrogens is 1. The molecule has 2 heterocycles. The molecule has 2 rings (SSSR count). The Hall–Kier alpha value is -0.920. The van der Waals surface area contributed by atoms with E-state index in [1.165, 1.54) is 12.6 Å². The highest BCUT2D eigenvalue weighted by Gasteiger charge is 2.18. The number of rotatable bonds is 5. The van der Waals surface area contributed by atoms with Crippen LogP contribution >= 0.6 is 0 Å². The fourth-order valence-corrected chi connectivity index (χ4v) is 3.00. The van der Waals surface area contributed by atoms with Gasteiger partial charge in [-0.05, 0) is 32.7 Å². The lowest BCUT2D eigenvalue weighted by Crippen LogP contribution is -2.30. The second-order valence-electron chi connectivity index (χ2n) is 4.31. The van der Waals surface area contributed by atoms with Crippen molar-refractivity contribution in [2.45, 2.75) is 37.3 Å². The summed E-state index contributed by atoms with van der Waals surface area (Å²) in [7, 11) is -3.43. The molecule has 7 heteroatoms. The highest BCUT2D eigenvalue weighted by Crippen LogP contribution is 2.09. The summed E-state index contributed by atoms with van der Waals surface area (Å²) < 4.78 is 26.2. The summed E-state index contributed by atoms with van der Waals surface area (Å²) in [5, 5.41) is 3.47. The van der Waals surface area contributed by atoms with E-state index in [1.54, 1.807) is 6.92 Å². The van der Waals surface area contributed by atoms with Crippen molar-refractivity contribution in [1.29, 1.82) is 0 Å². The van der Waals surface area contributed by atoms with Crippen LogP contribution in [-0.4, -0.2) is 37.5 Å². The smallest absolute Gasteiger partial charge is 0.257 e. The lowest BCUT2D eigenvalue weighted by Gasteiger charge is -2.10. The number of hydrogen-bond acceptors (Lipinski definition) is 4. The van der Waals surface area contributed by atoms with E-state index in [2.05, 4.69) is 20.0 Å². The first-order valence-electron chi connectivity index (χ1n) is 5.82. The van der Waals surface area contributed by atoms with Crippen LogP contribution in [0.15, 0.2) is 11.2 Å². The van der Waals surface area contributed by atoms with Gasteiger partial charge in [0.1, 0.15) is 5.82 Å². The van der Waals surface area contributed by atoms with Gasteiger partial charge in [0.05, 0.1) is 6.20 Å². The first-order valence-corrected chi connectivity index (χ1v) is 7.31. The molecule has 0 bridgehead atoms. The lowest BCUT2D eigenvalue weighted by molar-refractivity contribution is 0.538. The minimum Gasteiger partial charge on any atom is -0.332 e. The first-order chi connectivity index (χ1) is 8.08. The Kier molecular flexibility index (Phi) is 3.80. The van der Waals surface area contributed by atoms with Crippen molar-refractivity contribution in [3.8, 4) is 0 Å². The van der Waals surface area contributed by atoms with E-state index in [0.29, 0.717) is 18.4 Å². The average molecular weight is 258 g/mol. The predicted octanol–water partition coefficient (Wildman–Crippen LogP) is 0.139. The van der Waals surface area contributed by atoms with Gasteiger partial charge in [-0.25, -0.2) is 18.1 Å². The van der Waals surface area contributed by atoms with E-state index >= 15 is 0 Å². The molecule has 0 spiro atoms. The first kappa shape index (κ1) is 12.5. The summed E-state index contributed by atoms with van der Waals surface area (Å²) in [6.45, 7) is 3.22. The SMILES string of the molecule is Cc1ncc(S(=O)(=O)NCC[C@@H]2CCCN2)[nH]1. The molecule has 1 aliphatic rings. The van der Waals surface area contributed by atoms with Crippen LogP contribution in [0.1, 0.15) is 25.1 Å². The highest BCUT2D eigenvalue weighted by molar-refractivity contribution is 7.89. The molecular formula is C10H18N4O2S. The van der Waals surface area contributed by atoms with Crippen LogP contribution in [0.4, 0.5) is 0 Å². The van der Waals surface area contributed by atoms with Gasteiger partial charge >= 0.3 is 0 Å². The molecule has 0 aromatic carbocycles. The fraction of sp³-hybridized carbons (Fsp3) is 0.700. The second kappa shape index (κ2) is 5.16. The molecule has 17 heavy (non-hydrogen) atoms. The van der Waals surface area contributed by atoms with Crippen molar-refractivity contribution in [3.63, 3.8) is 0 Å².